The first-order chi connectivity index (χ1) is 8.16. The van der Waals surface area contributed by atoms with Crippen LogP contribution in [0.15, 0.2) is 18.3 Å². The number of nitrogens with zero attached hydrogens (tertiary/aromatic N) is 1. The monoisotopic (exact) mass is 252 g/mol. The predicted octanol–water partition coefficient (Wildman–Crippen LogP) is 0.873. The molecule has 0 radical (unpaired) electrons. The van der Waals surface area contributed by atoms with Crippen molar-refractivity contribution in [2.75, 3.05) is 6.54 Å². The minimum absolute atomic E-state index is 0.254. The molecule has 0 spiro atoms. The largest absolute Gasteiger partial charge is 0.383 e. The van der Waals surface area contributed by atoms with Crippen LogP contribution in [0.2, 0.25) is 0 Å². The molecule has 1 amide bonds. The third-order valence-electron chi connectivity index (χ3n) is 2.87. The summed E-state index contributed by atoms with van der Waals surface area (Å²) in [5, 5.41) is 12.4. The van der Waals surface area contributed by atoms with Crippen LogP contribution in [0.5, 0.6) is 0 Å². The van der Waals surface area contributed by atoms with Gasteiger partial charge in [-0.15, -0.1) is 0 Å². The summed E-state index contributed by atoms with van der Waals surface area (Å²) in [4.78, 5) is 15.4. The molecule has 5 heteroatoms. The van der Waals surface area contributed by atoms with Crippen LogP contribution in [-0.2, 0) is 10.5 Å². The molecule has 0 bridgehead atoms. The Kier molecular flexibility index (Phi) is 4.02. The van der Waals surface area contributed by atoms with Gasteiger partial charge in [0.05, 0.1) is 5.69 Å². The third-order valence-corrected chi connectivity index (χ3v) is 4.14. The predicted molar refractivity (Wildman–Crippen MR) is 67.7 cm³/mol. The summed E-state index contributed by atoms with van der Waals surface area (Å²) in [5.41, 5.74) is 2.25. The first-order valence-corrected chi connectivity index (χ1v) is 6.69. The summed E-state index contributed by atoms with van der Waals surface area (Å²) in [7, 11) is 0. The Morgan fingerprint density at radius 1 is 1.65 bits per heavy atom. The third kappa shape index (κ3) is 3.20. The summed E-state index contributed by atoms with van der Waals surface area (Å²) >= 11 is 1.73. The van der Waals surface area contributed by atoms with Crippen LogP contribution in [0.25, 0.3) is 0 Å². The number of aliphatic hydroxyl groups is 1. The number of piperidine rings is 1. The van der Waals surface area contributed by atoms with E-state index >= 15 is 0 Å². The second-order valence-corrected chi connectivity index (χ2v) is 5.49. The van der Waals surface area contributed by atoms with Crippen molar-refractivity contribution in [2.45, 2.75) is 30.5 Å². The molecule has 4 nitrogen and oxygen atoms in total. The standard InChI is InChI=1S/C12H16N2O2S/c1-8-3-2-4-13-10(8)7-17-9-5-11(15)12(16)14-6-9/h2-4,9,11,15H,5-7H2,1H3,(H,14,16). The molecule has 1 saturated heterocycles. The minimum Gasteiger partial charge on any atom is -0.383 e. The summed E-state index contributed by atoms with van der Waals surface area (Å²) in [6.45, 7) is 2.67. The van der Waals surface area contributed by atoms with Gasteiger partial charge in [0.25, 0.3) is 0 Å². The Morgan fingerprint density at radius 3 is 3.18 bits per heavy atom. The lowest BCUT2D eigenvalue weighted by molar-refractivity contribution is -0.131. The molecule has 1 aliphatic rings. The molecule has 0 aromatic carbocycles. The topological polar surface area (TPSA) is 62.2 Å². The van der Waals surface area contributed by atoms with Crippen LogP contribution in [0, 0.1) is 6.92 Å². The van der Waals surface area contributed by atoms with Crippen molar-refractivity contribution in [3.8, 4) is 0 Å². The number of hydrogen-bond acceptors (Lipinski definition) is 4. The minimum atomic E-state index is -0.855. The molecule has 1 aromatic heterocycles. The van der Waals surface area contributed by atoms with Crippen molar-refractivity contribution in [1.82, 2.24) is 10.3 Å². The number of hydrogen-bond donors (Lipinski definition) is 2. The lowest BCUT2D eigenvalue weighted by atomic mass is 10.1. The van der Waals surface area contributed by atoms with Crippen LogP contribution in [0.1, 0.15) is 17.7 Å². The number of carbonyl (C=O) groups excluding carboxylic acids is 1. The number of aryl methyl sites for hydroxylation is 1. The van der Waals surface area contributed by atoms with Crippen molar-refractivity contribution in [3.05, 3.63) is 29.6 Å². The fourth-order valence-electron chi connectivity index (χ4n) is 1.76. The normalized spacial score (nSPS) is 24.5. The van der Waals surface area contributed by atoms with Gasteiger partial charge >= 0.3 is 0 Å². The van der Waals surface area contributed by atoms with E-state index in [9.17, 15) is 9.90 Å². The average molecular weight is 252 g/mol. The number of aliphatic hydroxyl groups excluding tert-OH is 1. The van der Waals surface area contributed by atoms with Crippen LogP contribution < -0.4 is 5.32 Å². The molecule has 92 valence electrons. The van der Waals surface area contributed by atoms with Gasteiger partial charge in [-0.3, -0.25) is 9.78 Å². The van der Waals surface area contributed by atoms with Gasteiger partial charge in [-0.25, -0.2) is 0 Å². The number of carbonyl (C=O) groups is 1. The lowest BCUT2D eigenvalue weighted by Gasteiger charge is -2.25. The van der Waals surface area contributed by atoms with Gasteiger partial charge in [0.2, 0.25) is 5.91 Å². The molecular weight excluding hydrogens is 236 g/mol. The number of aromatic nitrogens is 1. The Morgan fingerprint density at radius 2 is 2.47 bits per heavy atom. The molecule has 1 aliphatic heterocycles. The Hall–Kier alpha value is -1.07. The SMILES string of the molecule is Cc1cccnc1CSC1CNC(=O)C(O)C1. The first-order valence-electron chi connectivity index (χ1n) is 5.64. The average Bonchev–Trinajstić information content (AvgIpc) is 2.32. The highest BCUT2D eigenvalue weighted by molar-refractivity contribution is 7.99. The van der Waals surface area contributed by atoms with Crippen molar-refractivity contribution in [3.63, 3.8) is 0 Å². The first kappa shape index (κ1) is 12.4. The Labute approximate surface area is 105 Å². The van der Waals surface area contributed by atoms with Crippen LogP contribution >= 0.6 is 11.8 Å². The molecule has 2 heterocycles. The fraction of sp³-hybridized carbons (Fsp3) is 0.500. The van der Waals surface area contributed by atoms with E-state index in [2.05, 4.69) is 10.3 Å². The van der Waals surface area contributed by atoms with Gasteiger partial charge < -0.3 is 10.4 Å². The highest BCUT2D eigenvalue weighted by atomic mass is 32.2. The van der Waals surface area contributed by atoms with Crippen LogP contribution in [0.3, 0.4) is 0 Å². The van der Waals surface area contributed by atoms with E-state index in [4.69, 9.17) is 0 Å². The van der Waals surface area contributed by atoms with Crippen molar-refractivity contribution < 1.29 is 9.90 Å². The molecule has 0 aliphatic carbocycles. The van der Waals surface area contributed by atoms with Gasteiger partial charge in [-0.05, 0) is 25.0 Å². The number of pyridine rings is 1. The maximum absolute atomic E-state index is 11.1. The summed E-state index contributed by atoms with van der Waals surface area (Å²) < 4.78 is 0. The van der Waals surface area contributed by atoms with Crippen molar-refractivity contribution in [1.29, 1.82) is 0 Å². The second kappa shape index (κ2) is 5.51. The van der Waals surface area contributed by atoms with Crippen LogP contribution in [-0.4, -0.2) is 33.9 Å². The van der Waals surface area contributed by atoms with Gasteiger partial charge in [0.15, 0.2) is 0 Å². The molecule has 2 atom stereocenters. The Balaban J connectivity index is 1.87. The summed E-state index contributed by atoms with van der Waals surface area (Å²) in [6.07, 6.45) is 1.47. The van der Waals surface area contributed by atoms with Crippen LogP contribution in [0.4, 0.5) is 0 Å². The summed E-state index contributed by atoms with van der Waals surface area (Å²) in [5.74, 6) is 0.566. The smallest absolute Gasteiger partial charge is 0.248 e. The molecule has 2 N–H and O–H groups in total. The van der Waals surface area contributed by atoms with E-state index in [-0.39, 0.29) is 11.2 Å². The second-order valence-electron chi connectivity index (χ2n) is 4.20. The van der Waals surface area contributed by atoms with E-state index in [0.29, 0.717) is 13.0 Å². The molecule has 17 heavy (non-hydrogen) atoms. The molecule has 2 rings (SSSR count). The zero-order valence-electron chi connectivity index (χ0n) is 9.72. The lowest BCUT2D eigenvalue weighted by Crippen LogP contribution is -2.46. The highest BCUT2D eigenvalue weighted by Crippen LogP contribution is 2.23. The van der Waals surface area contributed by atoms with Crippen molar-refractivity contribution in [2.24, 2.45) is 0 Å². The fourth-order valence-corrected chi connectivity index (χ4v) is 2.98. The number of nitrogens with one attached hydrogen (secondary N) is 1. The maximum atomic E-state index is 11.1. The maximum Gasteiger partial charge on any atom is 0.248 e. The van der Waals surface area contributed by atoms with Gasteiger partial charge in [0, 0.05) is 23.7 Å². The zero-order valence-corrected chi connectivity index (χ0v) is 10.5. The zero-order chi connectivity index (χ0) is 12.3. The quantitative estimate of drug-likeness (QED) is 0.838. The summed E-state index contributed by atoms with van der Waals surface area (Å²) in [6, 6.07) is 3.97. The van der Waals surface area contributed by atoms with E-state index in [0.717, 1.165) is 11.4 Å². The molecule has 1 fully saturated rings. The Bertz CT molecular complexity index is 411. The van der Waals surface area contributed by atoms with Gasteiger partial charge in [0.1, 0.15) is 6.10 Å². The van der Waals surface area contributed by atoms with E-state index in [1.165, 1.54) is 5.56 Å². The molecule has 1 aromatic rings. The van der Waals surface area contributed by atoms with E-state index in [1.807, 2.05) is 19.1 Å². The van der Waals surface area contributed by atoms with Gasteiger partial charge in [-0.2, -0.15) is 11.8 Å². The highest BCUT2D eigenvalue weighted by Gasteiger charge is 2.26. The molecule has 0 saturated carbocycles. The molecule has 2 unspecified atom stereocenters. The van der Waals surface area contributed by atoms with Crippen molar-refractivity contribution >= 4 is 17.7 Å². The van der Waals surface area contributed by atoms with Gasteiger partial charge in [-0.1, -0.05) is 6.07 Å². The van der Waals surface area contributed by atoms with E-state index in [1.54, 1.807) is 18.0 Å². The molecular formula is C12H16N2O2S. The number of thioether (sulfide) groups is 1. The number of rotatable bonds is 3. The van der Waals surface area contributed by atoms with E-state index < -0.39 is 6.10 Å². The number of amides is 1.